The van der Waals surface area contributed by atoms with E-state index >= 15 is 0 Å². The van der Waals surface area contributed by atoms with Gasteiger partial charge in [-0.05, 0) is 53.2 Å². The summed E-state index contributed by atoms with van der Waals surface area (Å²) in [5, 5.41) is 2.75. The van der Waals surface area contributed by atoms with Gasteiger partial charge in [0.25, 0.3) is 5.91 Å². The van der Waals surface area contributed by atoms with Gasteiger partial charge in [-0.25, -0.2) is 0 Å². The summed E-state index contributed by atoms with van der Waals surface area (Å²) >= 11 is 3.34. The quantitative estimate of drug-likeness (QED) is 0.853. The molecule has 21 heavy (non-hydrogen) atoms. The molecular weight excluding hydrogens is 334 g/mol. The number of halogens is 1. The van der Waals surface area contributed by atoms with Crippen LogP contribution in [-0.2, 0) is 0 Å². The summed E-state index contributed by atoms with van der Waals surface area (Å²) in [4.78, 5) is 23.8. The Labute approximate surface area is 131 Å². The molecule has 0 saturated heterocycles. The third-order valence-electron chi connectivity index (χ3n) is 2.97. The summed E-state index contributed by atoms with van der Waals surface area (Å²) in [6, 6.07) is 12.0. The first-order valence-corrected chi connectivity index (χ1v) is 7.07. The average Bonchev–Trinajstić information content (AvgIpc) is 2.47. The lowest BCUT2D eigenvalue weighted by Gasteiger charge is -2.10. The fraction of sp³-hybridized carbons (Fsp3) is 0.125. The second-order valence-electron chi connectivity index (χ2n) is 4.41. The van der Waals surface area contributed by atoms with Gasteiger partial charge in [0.2, 0.25) is 0 Å². The number of ether oxygens (including phenoxy) is 1. The SMILES string of the molecule is COc1ccc(C(=O)Nc2ccccc2C(C)=O)cc1Br. The van der Waals surface area contributed by atoms with E-state index in [4.69, 9.17) is 4.74 Å². The van der Waals surface area contributed by atoms with Crippen LogP contribution < -0.4 is 10.1 Å². The minimum absolute atomic E-state index is 0.0955. The molecule has 1 N–H and O–H groups in total. The number of hydrogen-bond acceptors (Lipinski definition) is 3. The monoisotopic (exact) mass is 347 g/mol. The van der Waals surface area contributed by atoms with E-state index < -0.39 is 0 Å². The molecule has 0 aliphatic carbocycles. The number of nitrogens with one attached hydrogen (secondary N) is 1. The topological polar surface area (TPSA) is 55.4 Å². The second-order valence-corrected chi connectivity index (χ2v) is 5.26. The first-order valence-electron chi connectivity index (χ1n) is 6.27. The van der Waals surface area contributed by atoms with Crippen LogP contribution in [0.25, 0.3) is 0 Å². The van der Waals surface area contributed by atoms with Crippen molar-refractivity contribution in [1.82, 2.24) is 0 Å². The molecule has 0 heterocycles. The van der Waals surface area contributed by atoms with Gasteiger partial charge in [-0.3, -0.25) is 9.59 Å². The predicted octanol–water partition coefficient (Wildman–Crippen LogP) is 3.91. The Morgan fingerprint density at radius 3 is 2.48 bits per heavy atom. The van der Waals surface area contributed by atoms with Crippen LogP contribution in [0.3, 0.4) is 0 Å². The Balaban J connectivity index is 2.26. The number of anilines is 1. The Morgan fingerprint density at radius 2 is 1.86 bits per heavy atom. The molecule has 0 unspecified atom stereocenters. The number of methoxy groups -OCH3 is 1. The molecule has 0 atom stereocenters. The number of carbonyl (C=O) groups excluding carboxylic acids is 2. The maximum Gasteiger partial charge on any atom is 0.255 e. The highest BCUT2D eigenvalue weighted by Crippen LogP contribution is 2.26. The summed E-state index contributed by atoms with van der Waals surface area (Å²) in [5.74, 6) is 0.268. The molecular formula is C16H14BrNO3. The van der Waals surface area contributed by atoms with Crippen LogP contribution in [0.15, 0.2) is 46.9 Å². The highest BCUT2D eigenvalue weighted by atomic mass is 79.9. The van der Waals surface area contributed by atoms with Crippen molar-refractivity contribution < 1.29 is 14.3 Å². The lowest BCUT2D eigenvalue weighted by Crippen LogP contribution is -2.14. The van der Waals surface area contributed by atoms with Crippen molar-refractivity contribution in [2.24, 2.45) is 0 Å². The van der Waals surface area contributed by atoms with Crippen LogP contribution in [0.2, 0.25) is 0 Å². The first-order chi connectivity index (χ1) is 10.0. The lowest BCUT2D eigenvalue weighted by atomic mass is 10.1. The van der Waals surface area contributed by atoms with E-state index in [1.54, 1.807) is 49.6 Å². The van der Waals surface area contributed by atoms with Crippen LogP contribution in [0.1, 0.15) is 27.6 Å². The molecule has 2 aromatic carbocycles. The zero-order valence-electron chi connectivity index (χ0n) is 11.6. The van der Waals surface area contributed by atoms with E-state index in [0.29, 0.717) is 27.0 Å². The third-order valence-corrected chi connectivity index (χ3v) is 3.59. The molecule has 2 aromatic rings. The lowest BCUT2D eigenvalue weighted by molar-refractivity contribution is 0.101. The van der Waals surface area contributed by atoms with E-state index in [9.17, 15) is 9.59 Å². The molecule has 0 aromatic heterocycles. The van der Waals surface area contributed by atoms with Crippen molar-refractivity contribution in [2.75, 3.05) is 12.4 Å². The second kappa shape index (κ2) is 6.54. The van der Waals surface area contributed by atoms with E-state index in [1.807, 2.05) is 0 Å². The molecule has 108 valence electrons. The number of carbonyl (C=O) groups is 2. The number of ketones is 1. The number of rotatable bonds is 4. The maximum absolute atomic E-state index is 12.3. The number of amides is 1. The smallest absolute Gasteiger partial charge is 0.255 e. The van der Waals surface area contributed by atoms with Crippen molar-refractivity contribution in [3.8, 4) is 5.75 Å². The van der Waals surface area contributed by atoms with E-state index in [1.165, 1.54) is 6.92 Å². The van der Waals surface area contributed by atoms with Gasteiger partial charge >= 0.3 is 0 Å². The number of para-hydroxylation sites is 1. The average molecular weight is 348 g/mol. The zero-order chi connectivity index (χ0) is 15.4. The molecule has 0 aliphatic rings. The molecule has 2 rings (SSSR count). The van der Waals surface area contributed by atoms with Gasteiger partial charge < -0.3 is 10.1 Å². The molecule has 0 fully saturated rings. The van der Waals surface area contributed by atoms with Gasteiger partial charge in [0.05, 0.1) is 17.3 Å². The Hall–Kier alpha value is -2.14. The largest absolute Gasteiger partial charge is 0.496 e. The Bertz CT molecular complexity index is 698. The van der Waals surface area contributed by atoms with Gasteiger partial charge in [0, 0.05) is 11.1 Å². The summed E-state index contributed by atoms with van der Waals surface area (Å²) in [6.45, 7) is 1.47. The summed E-state index contributed by atoms with van der Waals surface area (Å²) < 4.78 is 5.82. The normalized spacial score (nSPS) is 10.0. The minimum atomic E-state index is -0.285. The Kier molecular flexibility index (Phi) is 4.75. The van der Waals surface area contributed by atoms with Gasteiger partial charge in [-0.1, -0.05) is 12.1 Å². The fourth-order valence-electron chi connectivity index (χ4n) is 1.90. The molecule has 0 bridgehead atoms. The zero-order valence-corrected chi connectivity index (χ0v) is 13.2. The van der Waals surface area contributed by atoms with Gasteiger partial charge in [-0.15, -0.1) is 0 Å². The van der Waals surface area contributed by atoms with Crippen molar-refractivity contribution in [3.05, 3.63) is 58.1 Å². The van der Waals surface area contributed by atoms with E-state index in [0.717, 1.165) is 0 Å². The van der Waals surface area contributed by atoms with E-state index in [-0.39, 0.29) is 11.7 Å². The predicted molar refractivity (Wildman–Crippen MR) is 85.1 cm³/mol. The maximum atomic E-state index is 12.3. The number of hydrogen-bond donors (Lipinski definition) is 1. The van der Waals surface area contributed by atoms with E-state index in [2.05, 4.69) is 21.2 Å². The fourth-order valence-corrected chi connectivity index (χ4v) is 2.44. The van der Waals surface area contributed by atoms with Gasteiger partial charge in [-0.2, -0.15) is 0 Å². The molecule has 4 nitrogen and oxygen atoms in total. The Morgan fingerprint density at radius 1 is 1.14 bits per heavy atom. The van der Waals surface area contributed by atoms with Crippen molar-refractivity contribution >= 4 is 33.3 Å². The van der Waals surface area contributed by atoms with Crippen molar-refractivity contribution in [2.45, 2.75) is 6.92 Å². The molecule has 1 amide bonds. The molecule has 0 saturated carbocycles. The van der Waals surface area contributed by atoms with Crippen molar-refractivity contribution in [3.63, 3.8) is 0 Å². The summed E-state index contributed by atoms with van der Waals surface area (Å²) in [5.41, 5.74) is 1.46. The van der Waals surface area contributed by atoms with Gasteiger partial charge in [0.15, 0.2) is 5.78 Å². The number of benzene rings is 2. The highest BCUT2D eigenvalue weighted by molar-refractivity contribution is 9.10. The van der Waals surface area contributed by atoms with Crippen LogP contribution in [0.5, 0.6) is 5.75 Å². The van der Waals surface area contributed by atoms with Gasteiger partial charge in [0.1, 0.15) is 5.75 Å². The summed E-state index contributed by atoms with van der Waals surface area (Å²) in [6.07, 6.45) is 0. The third kappa shape index (κ3) is 3.49. The van der Waals surface area contributed by atoms with Crippen molar-refractivity contribution in [1.29, 1.82) is 0 Å². The minimum Gasteiger partial charge on any atom is -0.496 e. The summed E-state index contributed by atoms with van der Waals surface area (Å²) in [7, 11) is 1.56. The van der Waals surface area contributed by atoms with Crippen LogP contribution in [0.4, 0.5) is 5.69 Å². The highest BCUT2D eigenvalue weighted by Gasteiger charge is 2.12. The standard InChI is InChI=1S/C16H14BrNO3/c1-10(19)12-5-3-4-6-14(12)18-16(20)11-7-8-15(21-2)13(17)9-11/h3-9H,1-2H3,(H,18,20). The van der Waals surface area contributed by atoms with Crippen LogP contribution in [-0.4, -0.2) is 18.8 Å². The molecule has 0 spiro atoms. The molecule has 0 aliphatic heterocycles. The van der Waals surface area contributed by atoms with Crippen LogP contribution in [0, 0.1) is 0 Å². The molecule has 0 radical (unpaired) electrons. The number of Topliss-reactive ketones (excluding diaryl/α,β-unsaturated/α-hetero) is 1. The van der Waals surface area contributed by atoms with Crippen LogP contribution >= 0.6 is 15.9 Å². The molecule has 5 heteroatoms. The first kappa shape index (κ1) is 15.3.